The lowest BCUT2D eigenvalue weighted by Gasteiger charge is -2.01. The minimum atomic E-state index is -0.347. The quantitative estimate of drug-likeness (QED) is 0.662. The Morgan fingerprint density at radius 1 is 1.29 bits per heavy atom. The number of aromatic amines is 1. The van der Waals surface area contributed by atoms with Gasteiger partial charge in [-0.1, -0.05) is 17.3 Å². The van der Waals surface area contributed by atoms with Gasteiger partial charge in [-0.3, -0.25) is 0 Å². The highest BCUT2D eigenvalue weighted by Gasteiger charge is 2.28. The van der Waals surface area contributed by atoms with Crippen LogP contribution in [0.5, 0.6) is 0 Å². The molecular weight excluding hydrogens is 270 g/mol. The molecule has 7 heteroatoms. The van der Waals surface area contributed by atoms with Crippen LogP contribution in [0.1, 0.15) is 30.0 Å². The van der Waals surface area contributed by atoms with Crippen molar-refractivity contribution < 1.29 is 9.63 Å². The zero-order chi connectivity index (χ0) is 14.2. The Morgan fingerprint density at radius 2 is 2.19 bits per heavy atom. The van der Waals surface area contributed by atoms with Gasteiger partial charge in [-0.2, -0.15) is 4.98 Å². The maximum absolute atomic E-state index is 9.52. The van der Waals surface area contributed by atoms with Crippen LogP contribution in [0.4, 0.5) is 0 Å². The van der Waals surface area contributed by atoms with Crippen molar-refractivity contribution in [1.82, 2.24) is 25.4 Å². The Balaban J connectivity index is 1.53. The van der Waals surface area contributed by atoms with E-state index < -0.39 is 0 Å². The summed E-state index contributed by atoms with van der Waals surface area (Å²) in [6.07, 6.45) is 0.750. The molecule has 2 aromatic heterocycles. The number of nitrogens with one attached hydrogen (secondary N) is 2. The third kappa shape index (κ3) is 2.41. The van der Waals surface area contributed by atoms with Crippen molar-refractivity contribution >= 4 is 11.0 Å². The lowest BCUT2D eigenvalue weighted by atomic mass is 10.2. The zero-order valence-electron chi connectivity index (χ0n) is 11.3. The van der Waals surface area contributed by atoms with Crippen molar-refractivity contribution in [3.63, 3.8) is 0 Å². The predicted octanol–water partition coefficient (Wildman–Crippen LogP) is 0.932. The van der Waals surface area contributed by atoms with Gasteiger partial charge in [0, 0.05) is 6.54 Å². The van der Waals surface area contributed by atoms with E-state index in [1.807, 2.05) is 24.3 Å². The Bertz CT molecular complexity index is 732. The summed E-state index contributed by atoms with van der Waals surface area (Å²) in [4.78, 5) is 12.1. The molecule has 2 atom stereocenters. The van der Waals surface area contributed by atoms with Gasteiger partial charge < -0.3 is 19.9 Å². The van der Waals surface area contributed by atoms with E-state index in [9.17, 15) is 5.11 Å². The monoisotopic (exact) mass is 285 g/mol. The molecule has 0 saturated carbocycles. The highest BCUT2D eigenvalue weighted by molar-refractivity contribution is 5.74. The highest BCUT2D eigenvalue weighted by Crippen LogP contribution is 2.22. The molecule has 4 rings (SSSR count). The summed E-state index contributed by atoms with van der Waals surface area (Å²) in [7, 11) is 0. The summed E-state index contributed by atoms with van der Waals surface area (Å²) < 4.78 is 5.27. The average Bonchev–Trinajstić information content (AvgIpc) is 3.17. The summed E-state index contributed by atoms with van der Waals surface area (Å²) in [5.74, 6) is 1.92. The number of aliphatic hydroxyl groups excluding tert-OH is 1. The third-order valence-electron chi connectivity index (χ3n) is 3.65. The number of hydrogen-bond acceptors (Lipinski definition) is 6. The molecule has 0 unspecified atom stereocenters. The van der Waals surface area contributed by atoms with Crippen LogP contribution in [0.15, 0.2) is 28.8 Å². The van der Waals surface area contributed by atoms with Gasteiger partial charge in [0.05, 0.1) is 29.6 Å². The molecule has 0 aliphatic carbocycles. The minimum absolute atomic E-state index is 0.0584. The summed E-state index contributed by atoms with van der Waals surface area (Å²) in [5.41, 5.74) is 1.92. The number of fused-ring (bicyclic) bond motifs is 1. The van der Waals surface area contributed by atoms with Crippen molar-refractivity contribution in [3.8, 4) is 0 Å². The molecule has 1 aliphatic rings. The summed E-state index contributed by atoms with van der Waals surface area (Å²) >= 11 is 0. The number of H-pyrrole nitrogens is 1. The molecule has 0 bridgehead atoms. The number of para-hydroxylation sites is 2. The van der Waals surface area contributed by atoms with E-state index in [0.717, 1.165) is 16.9 Å². The maximum Gasteiger partial charge on any atom is 0.243 e. The highest BCUT2D eigenvalue weighted by atomic mass is 16.5. The first-order chi connectivity index (χ1) is 10.3. The molecule has 3 N–H and O–H groups in total. The van der Waals surface area contributed by atoms with Crippen LogP contribution in [0, 0.1) is 0 Å². The third-order valence-corrected chi connectivity index (χ3v) is 3.65. The number of aromatic nitrogens is 4. The van der Waals surface area contributed by atoms with Crippen molar-refractivity contribution in [3.05, 3.63) is 41.8 Å². The number of nitrogens with zero attached hydrogens (tertiary/aromatic N) is 3. The lowest BCUT2D eigenvalue weighted by Crippen LogP contribution is -2.15. The largest absolute Gasteiger partial charge is 0.392 e. The second-order valence-electron chi connectivity index (χ2n) is 5.28. The van der Waals surface area contributed by atoms with Crippen LogP contribution in [0.25, 0.3) is 11.0 Å². The van der Waals surface area contributed by atoms with E-state index in [-0.39, 0.29) is 12.1 Å². The Morgan fingerprint density at radius 3 is 3.00 bits per heavy atom. The number of β-amino-alcohol motifs (C(OH)–C–C–N with tert-alkyl or cyclic N) is 1. The molecule has 1 aromatic carbocycles. The van der Waals surface area contributed by atoms with Gasteiger partial charge in [0.1, 0.15) is 5.82 Å². The number of hydrogen-bond donors (Lipinski definition) is 3. The maximum atomic E-state index is 9.52. The Labute approximate surface area is 120 Å². The first-order valence-electron chi connectivity index (χ1n) is 6.95. The number of rotatable bonds is 3. The molecular formula is C14H15N5O2. The summed E-state index contributed by atoms with van der Waals surface area (Å²) in [5, 5.41) is 16.7. The van der Waals surface area contributed by atoms with E-state index in [4.69, 9.17) is 4.52 Å². The van der Waals surface area contributed by atoms with E-state index >= 15 is 0 Å². The Kier molecular flexibility index (Phi) is 2.94. The van der Waals surface area contributed by atoms with Crippen LogP contribution in [-0.2, 0) is 6.42 Å². The standard InChI is InChI=1S/C14H15N5O2/c20-8-5-11(15-7-8)14-18-13(19-21-14)6-12-16-9-3-1-2-4-10(9)17-12/h1-4,8,11,15,20H,5-7H2,(H,16,17)/t8-,11-/m1/s1. The SMILES string of the molecule is O[C@H]1CN[C@@H](c2nc(Cc3nc4ccccc4[nH]3)no2)C1. The number of benzene rings is 1. The van der Waals surface area contributed by atoms with Crippen LogP contribution in [0.3, 0.4) is 0 Å². The fourth-order valence-corrected chi connectivity index (χ4v) is 2.63. The van der Waals surface area contributed by atoms with Crippen molar-refractivity contribution in [2.45, 2.75) is 25.0 Å². The fraction of sp³-hybridized carbons (Fsp3) is 0.357. The van der Waals surface area contributed by atoms with Crippen LogP contribution in [-0.4, -0.2) is 37.9 Å². The van der Waals surface area contributed by atoms with Crippen LogP contribution >= 0.6 is 0 Å². The second-order valence-corrected chi connectivity index (χ2v) is 5.28. The molecule has 0 radical (unpaired) electrons. The van der Waals surface area contributed by atoms with Crippen molar-refractivity contribution in [2.75, 3.05) is 6.54 Å². The first-order valence-corrected chi connectivity index (χ1v) is 6.95. The number of imidazole rings is 1. The second kappa shape index (κ2) is 4.94. The number of aliphatic hydroxyl groups is 1. The molecule has 0 spiro atoms. The molecule has 1 fully saturated rings. The summed E-state index contributed by atoms with van der Waals surface area (Å²) in [6, 6.07) is 7.81. The Hall–Kier alpha value is -2.25. The fourth-order valence-electron chi connectivity index (χ4n) is 2.63. The van der Waals surface area contributed by atoms with Crippen molar-refractivity contribution in [2.24, 2.45) is 0 Å². The summed E-state index contributed by atoms with van der Waals surface area (Å²) in [6.45, 7) is 0.561. The smallest absolute Gasteiger partial charge is 0.243 e. The molecule has 1 aliphatic heterocycles. The topological polar surface area (TPSA) is 99.9 Å². The molecule has 3 heterocycles. The van der Waals surface area contributed by atoms with E-state index in [1.165, 1.54) is 0 Å². The van der Waals surface area contributed by atoms with E-state index in [1.54, 1.807) is 0 Å². The van der Waals surface area contributed by atoms with Gasteiger partial charge in [-0.15, -0.1) is 0 Å². The normalized spacial score (nSPS) is 22.1. The van der Waals surface area contributed by atoms with Gasteiger partial charge in [-0.25, -0.2) is 4.98 Å². The van der Waals surface area contributed by atoms with E-state index in [2.05, 4.69) is 25.4 Å². The molecule has 3 aromatic rings. The molecule has 1 saturated heterocycles. The van der Waals surface area contributed by atoms with Gasteiger partial charge >= 0.3 is 0 Å². The van der Waals surface area contributed by atoms with Crippen molar-refractivity contribution in [1.29, 1.82) is 0 Å². The zero-order valence-corrected chi connectivity index (χ0v) is 11.3. The lowest BCUT2D eigenvalue weighted by molar-refractivity contribution is 0.191. The average molecular weight is 285 g/mol. The molecule has 21 heavy (non-hydrogen) atoms. The molecule has 0 amide bonds. The van der Waals surface area contributed by atoms with Gasteiger partial charge in [0.25, 0.3) is 0 Å². The molecule has 7 nitrogen and oxygen atoms in total. The predicted molar refractivity (Wildman–Crippen MR) is 74.6 cm³/mol. The van der Waals surface area contributed by atoms with Crippen LogP contribution < -0.4 is 5.32 Å². The van der Waals surface area contributed by atoms with Crippen LogP contribution in [0.2, 0.25) is 0 Å². The first kappa shape index (κ1) is 12.5. The molecule has 108 valence electrons. The minimum Gasteiger partial charge on any atom is -0.392 e. The van der Waals surface area contributed by atoms with Gasteiger partial charge in [0.2, 0.25) is 5.89 Å². The van der Waals surface area contributed by atoms with Gasteiger partial charge in [-0.05, 0) is 18.6 Å². The van der Waals surface area contributed by atoms with Gasteiger partial charge in [0.15, 0.2) is 5.82 Å². The van der Waals surface area contributed by atoms with E-state index in [0.29, 0.717) is 31.1 Å².